The minimum absolute atomic E-state index is 0.129. The zero-order valence-electron chi connectivity index (χ0n) is 15.9. The molecular formula is C22H18FN5O2. The summed E-state index contributed by atoms with van der Waals surface area (Å²) in [7, 11) is 0. The normalized spacial score (nSPS) is 10.7. The first-order valence-electron chi connectivity index (χ1n) is 9.28. The second kappa shape index (κ2) is 8.52. The van der Waals surface area contributed by atoms with Gasteiger partial charge in [-0.15, -0.1) is 0 Å². The standard InChI is InChI=1S/C22H18FN5O2/c23-16-8-6-15(7-9-16)11-26-22(30)20-19-18(27-13-28-20)17(12-24-19)21(29)25-10-14-4-2-1-3-5-14/h1-9,12-13,24H,10-11H2,(H,25,29)(H,26,30). The predicted molar refractivity (Wildman–Crippen MR) is 109 cm³/mol. The van der Waals surface area contributed by atoms with E-state index in [1.165, 1.54) is 24.7 Å². The minimum atomic E-state index is -0.426. The largest absolute Gasteiger partial charge is 0.357 e. The van der Waals surface area contributed by atoms with E-state index < -0.39 is 5.91 Å². The van der Waals surface area contributed by atoms with E-state index in [0.717, 1.165) is 11.1 Å². The van der Waals surface area contributed by atoms with Gasteiger partial charge in [0, 0.05) is 19.3 Å². The number of benzene rings is 2. The fraction of sp³-hybridized carbons (Fsp3) is 0.0909. The average Bonchev–Trinajstić information content (AvgIpc) is 3.22. The van der Waals surface area contributed by atoms with Gasteiger partial charge in [-0.05, 0) is 23.3 Å². The van der Waals surface area contributed by atoms with E-state index in [9.17, 15) is 14.0 Å². The van der Waals surface area contributed by atoms with Gasteiger partial charge in [0.25, 0.3) is 11.8 Å². The van der Waals surface area contributed by atoms with Crippen molar-refractivity contribution in [2.45, 2.75) is 13.1 Å². The molecule has 30 heavy (non-hydrogen) atoms. The summed E-state index contributed by atoms with van der Waals surface area (Å²) >= 11 is 0. The number of nitrogens with one attached hydrogen (secondary N) is 3. The number of amides is 2. The molecule has 2 aromatic heterocycles. The summed E-state index contributed by atoms with van der Waals surface area (Å²) in [5, 5.41) is 5.58. The van der Waals surface area contributed by atoms with Gasteiger partial charge in [-0.25, -0.2) is 14.4 Å². The third-order valence-electron chi connectivity index (χ3n) is 4.59. The highest BCUT2D eigenvalue weighted by atomic mass is 19.1. The summed E-state index contributed by atoms with van der Waals surface area (Å²) in [4.78, 5) is 36.3. The van der Waals surface area contributed by atoms with E-state index in [-0.39, 0.29) is 24.0 Å². The lowest BCUT2D eigenvalue weighted by molar-refractivity contribution is 0.0940. The number of H-pyrrole nitrogens is 1. The number of aromatic nitrogens is 3. The number of nitrogens with zero attached hydrogens (tertiary/aromatic N) is 2. The molecule has 0 aliphatic heterocycles. The van der Waals surface area contributed by atoms with Crippen LogP contribution in [0, 0.1) is 5.82 Å². The van der Waals surface area contributed by atoms with Crippen molar-refractivity contribution in [3.05, 3.63) is 95.3 Å². The predicted octanol–water partition coefficient (Wildman–Crippen LogP) is 2.96. The van der Waals surface area contributed by atoms with Crippen LogP contribution in [0.4, 0.5) is 4.39 Å². The van der Waals surface area contributed by atoms with Crippen molar-refractivity contribution in [2.24, 2.45) is 0 Å². The van der Waals surface area contributed by atoms with Crippen molar-refractivity contribution in [3.63, 3.8) is 0 Å². The van der Waals surface area contributed by atoms with Crippen LogP contribution in [-0.4, -0.2) is 26.8 Å². The van der Waals surface area contributed by atoms with E-state index in [0.29, 0.717) is 23.1 Å². The molecule has 2 aromatic carbocycles. The third kappa shape index (κ3) is 4.17. The van der Waals surface area contributed by atoms with Crippen molar-refractivity contribution < 1.29 is 14.0 Å². The third-order valence-corrected chi connectivity index (χ3v) is 4.59. The molecule has 0 unspecified atom stereocenters. The molecule has 0 aliphatic carbocycles. The van der Waals surface area contributed by atoms with Gasteiger partial charge in [-0.2, -0.15) is 0 Å². The van der Waals surface area contributed by atoms with Crippen molar-refractivity contribution in [2.75, 3.05) is 0 Å². The molecule has 4 rings (SSSR count). The molecule has 0 fully saturated rings. The fourth-order valence-electron chi connectivity index (χ4n) is 3.03. The highest BCUT2D eigenvalue weighted by Gasteiger charge is 2.19. The van der Waals surface area contributed by atoms with Crippen LogP contribution in [0.3, 0.4) is 0 Å². The second-order valence-corrected chi connectivity index (χ2v) is 6.63. The number of aromatic amines is 1. The molecule has 2 amide bonds. The van der Waals surface area contributed by atoms with Crippen molar-refractivity contribution in [3.8, 4) is 0 Å². The summed E-state index contributed by atoms with van der Waals surface area (Å²) in [6.07, 6.45) is 2.76. The molecule has 0 bridgehead atoms. The lowest BCUT2D eigenvalue weighted by Gasteiger charge is -2.06. The SMILES string of the molecule is O=C(NCc1ccccc1)c1c[nH]c2c(C(=O)NCc3ccc(F)cc3)ncnc12. The Morgan fingerprint density at radius 3 is 2.27 bits per heavy atom. The maximum absolute atomic E-state index is 13.0. The van der Waals surface area contributed by atoms with Crippen molar-refractivity contribution >= 4 is 22.8 Å². The van der Waals surface area contributed by atoms with Gasteiger partial charge in [-0.1, -0.05) is 42.5 Å². The summed E-state index contributed by atoms with van der Waals surface area (Å²) in [6, 6.07) is 15.4. The fourth-order valence-corrected chi connectivity index (χ4v) is 3.03. The molecule has 3 N–H and O–H groups in total. The molecule has 2 heterocycles. The first-order chi connectivity index (χ1) is 14.6. The Hall–Kier alpha value is -4.07. The Balaban J connectivity index is 1.49. The molecule has 0 radical (unpaired) electrons. The number of rotatable bonds is 6. The van der Waals surface area contributed by atoms with Gasteiger partial charge >= 0.3 is 0 Å². The van der Waals surface area contributed by atoms with Crippen LogP contribution in [0.2, 0.25) is 0 Å². The summed E-state index contributed by atoms with van der Waals surface area (Å²) in [6.45, 7) is 0.595. The molecule has 4 aromatic rings. The van der Waals surface area contributed by atoms with E-state index in [4.69, 9.17) is 0 Å². The van der Waals surface area contributed by atoms with Gasteiger partial charge in [0.2, 0.25) is 0 Å². The van der Waals surface area contributed by atoms with Gasteiger partial charge in [-0.3, -0.25) is 9.59 Å². The minimum Gasteiger partial charge on any atom is -0.357 e. The monoisotopic (exact) mass is 403 g/mol. The van der Waals surface area contributed by atoms with Crippen LogP contribution in [0.25, 0.3) is 11.0 Å². The van der Waals surface area contributed by atoms with Gasteiger partial charge in [0.1, 0.15) is 17.7 Å². The number of fused-ring (bicyclic) bond motifs is 1. The summed E-state index contributed by atoms with van der Waals surface area (Å²) in [5.74, 6) is -1.07. The number of hydrogen-bond donors (Lipinski definition) is 3. The van der Waals surface area contributed by atoms with Crippen LogP contribution in [0.15, 0.2) is 67.1 Å². The Bertz CT molecular complexity index is 1190. The average molecular weight is 403 g/mol. The van der Waals surface area contributed by atoms with Crippen LogP contribution in [-0.2, 0) is 13.1 Å². The highest BCUT2D eigenvalue weighted by molar-refractivity contribution is 6.10. The zero-order valence-corrected chi connectivity index (χ0v) is 15.9. The molecule has 0 atom stereocenters. The zero-order chi connectivity index (χ0) is 20.9. The van der Waals surface area contributed by atoms with E-state index >= 15 is 0 Å². The lowest BCUT2D eigenvalue weighted by Crippen LogP contribution is -2.24. The van der Waals surface area contributed by atoms with Crippen molar-refractivity contribution in [1.29, 1.82) is 0 Å². The van der Waals surface area contributed by atoms with Gasteiger partial charge in [0.05, 0.1) is 11.1 Å². The number of carbonyl (C=O) groups excluding carboxylic acids is 2. The topological polar surface area (TPSA) is 99.8 Å². The molecule has 150 valence electrons. The van der Waals surface area contributed by atoms with E-state index in [2.05, 4.69) is 25.6 Å². The quantitative estimate of drug-likeness (QED) is 0.461. The number of halogens is 1. The number of hydrogen-bond acceptors (Lipinski definition) is 4. The summed E-state index contributed by atoms with van der Waals surface area (Å²) in [5.41, 5.74) is 2.92. The molecular weight excluding hydrogens is 385 g/mol. The van der Waals surface area contributed by atoms with E-state index in [1.807, 2.05) is 30.3 Å². The highest BCUT2D eigenvalue weighted by Crippen LogP contribution is 2.18. The van der Waals surface area contributed by atoms with Crippen molar-refractivity contribution in [1.82, 2.24) is 25.6 Å². The second-order valence-electron chi connectivity index (χ2n) is 6.63. The molecule has 0 saturated heterocycles. The smallest absolute Gasteiger partial charge is 0.272 e. The summed E-state index contributed by atoms with van der Waals surface area (Å²) < 4.78 is 13.0. The first-order valence-corrected chi connectivity index (χ1v) is 9.28. The molecule has 8 heteroatoms. The first kappa shape index (κ1) is 19.3. The van der Waals surface area contributed by atoms with Crippen LogP contribution in [0.1, 0.15) is 32.0 Å². The van der Waals surface area contributed by atoms with Crippen LogP contribution < -0.4 is 10.6 Å². The lowest BCUT2D eigenvalue weighted by atomic mass is 10.2. The maximum Gasteiger partial charge on any atom is 0.272 e. The Kier molecular flexibility index (Phi) is 5.47. The molecule has 7 nitrogen and oxygen atoms in total. The Morgan fingerprint density at radius 2 is 1.53 bits per heavy atom. The van der Waals surface area contributed by atoms with Crippen LogP contribution >= 0.6 is 0 Å². The van der Waals surface area contributed by atoms with Gasteiger partial charge in [0.15, 0.2) is 5.69 Å². The van der Waals surface area contributed by atoms with E-state index in [1.54, 1.807) is 12.1 Å². The number of carbonyl (C=O) groups is 2. The molecule has 0 aliphatic rings. The maximum atomic E-state index is 13.0. The van der Waals surface area contributed by atoms with Crippen LogP contribution in [0.5, 0.6) is 0 Å². The van der Waals surface area contributed by atoms with Gasteiger partial charge < -0.3 is 15.6 Å². The molecule has 0 spiro atoms. The molecule has 0 saturated carbocycles. The Morgan fingerprint density at radius 1 is 0.867 bits per heavy atom. The Labute approximate surface area is 171 Å².